The predicted octanol–water partition coefficient (Wildman–Crippen LogP) is 3.26. The van der Waals surface area contributed by atoms with Gasteiger partial charge in [-0.05, 0) is 23.8 Å². The van der Waals surface area contributed by atoms with Crippen LogP contribution in [0.25, 0.3) is 0 Å². The van der Waals surface area contributed by atoms with Gasteiger partial charge in [-0.3, -0.25) is 0 Å². The highest BCUT2D eigenvalue weighted by Crippen LogP contribution is 2.23. The van der Waals surface area contributed by atoms with Crippen LogP contribution in [-0.4, -0.2) is 16.0 Å². The fraction of sp³-hybridized carbons (Fsp3) is 0.0769. The van der Waals surface area contributed by atoms with Crippen LogP contribution in [0, 0.1) is 5.82 Å². The number of hydrogen-bond acceptors (Lipinski definition) is 4. The van der Waals surface area contributed by atoms with Crippen molar-refractivity contribution in [1.29, 1.82) is 0 Å². The van der Waals surface area contributed by atoms with Crippen LogP contribution in [0.4, 0.5) is 4.39 Å². The highest BCUT2D eigenvalue weighted by molar-refractivity contribution is 7.98. The lowest BCUT2D eigenvalue weighted by Gasteiger charge is -2.05. The number of benzene rings is 1. The maximum atomic E-state index is 13.9. The number of aromatic nitrogens is 1. The van der Waals surface area contributed by atoms with Crippen LogP contribution in [0.2, 0.25) is 5.02 Å². The summed E-state index contributed by atoms with van der Waals surface area (Å²) < 4.78 is 13.9. The third-order valence-corrected chi connectivity index (χ3v) is 3.75. The lowest BCUT2D eigenvalue weighted by molar-refractivity contribution is 0.318. The first-order valence-electron chi connectivity index (χ1n) is 5.61. The molecule has 104 valence electrons. The standard InChI is InChI=1S/C13H11ClFN3OS/c14-10-3-4-12(17-6-10)20-7-9-2-1-8(5-11(9)15)13(16)18-19/h1-6,19H,7H2,(H2,16,18). The van der Waals surface area contributed by atoms with Crippen molar-refractivity contribution in [3.63, 3.8) is 0 Å². The van der Waals surface area contributed by atoms with Gasteiger partial charge >= 0.3 is 0 Å². The van der Waals surface area contributed by atoms with Crippen molar-refractivity contribution < 1.29 is 9.60 Å². The molecule has 2 aromatic rings. The molecule has 0 saturated carbocycles. The molecular formula is C13H11ClFN3OS. The summed E-state index contributed by atoms with van der Waals surface area (Å²) in [5.74, 6) is -0.102. The first kappa shape index (κ1) is 14.6. The second-order valence-electron chi connectivity index (χ2n) is 3.89. The van der Waals surface area contributed by atoms with Gasteiger partial charge in [0.25, 0.3) is 0 Å². The van der Waals surface area contributed by atoms with Crippen LogP contribution in [0.3, 0.4) is 0 Å². The Bertz CT molecular complexity index is 634. The summed E-state index contributed by atoms with van der Waals surface area (Å²) in [4.78, 5) is 4.12. The smallest absolute Gasteiger partial charge is 0.170 e. The molecule has 1 aromatic carbocycles. The molecule has 1 aromatic heterocycles. The average molecular weight is 312 g/mol. The van der Waals surface area contributed by atoms with E-state index in [2.05, 4.69) is 10.1 Å². The largest absolute Gasteiger partial charge is 0.409 e. The number of halogens is 2. The Hall–Kier alpha value is -1.79. The number of pyridine rings is 1. The molecule has 0 bridgehead atoms. The Morgan fingerprint density at radius 2 is 2.20 bits per heavy atom. The summed E-state index contributed by atoms with van der Waals surface area (Å²) in [5.41, 5.74) is 6.25. The van der Waals surface area contributed by atoms with Gasteiger partial charge in [0.2, 0.25) is 0 Å². The first-order chi connectivity index (χ1) is 9.60. The monoisotopic (exact) mass is 311 g/mol. The van der Waals surface area contributed by atoms with E-state index in [1.54, 1.807) is 30.5 Å². The van der Waals surface area contributed by atoms with Crippen molar-refractivity contribution in [1.82, 2.24) is 4.98 Å². The second kappa shape index (κ2) is 6.58. The third kappa shape index (κ3) is 3.61. The molecule has 0 aliphatic heterocycles. The molecule has 0 saturated heterocycles. The Morgan fingerprint density at radius 1 is 1.40 bits per heavy atom. The summed E-state index contributed by atoms with van der Waals surface area (Å²) in [6.07, 6.45) is 1.54. The van der Waals surface area contributed by atoms with E-state index in [9.17, 15) is 4.39 Å². The third-order valence-electron chi connectivity index (χ3n) is 2.53. The Kier molecular flexibility index (Phi) is 4.81. The predicted molar refractivity (Wildman–Crippen MR) is 77.7 cm³/mol. The maximum Gasteiger partial charge on any atom is 0.170 e. The Morgan fingerprint density at radius 3 is 2.80 bits per heavy atom. The number of nitrogens with zero attached hydrogens (tertiary/aromatic N) is 2. The zero-order valence-corrected chi connectivity index (χ0v) is 11.8. The van der Waals surface area contributed by atoms with Crippen molar-refractivity contribution in [2.75, 3.05) is 0 Å². The van der Waals surface area contributed by atoms with Crippen LogP contribution in [0.1, 0.15) is 11.1 Å². The Labute approximate surface area is 124 Å². The SMILES string of the molecule is NC(=NO)c1ccc(CSc2ccc(Cl)cn2)c(F)c1. The molecule has 20 heavy (non-hydrogen) atoms. The number of nitrogens with two attached hydrogens (primary N) is 1. The van der Waals surface area contributed by atoms with E-state index in [1.807, 2.05) is 0 Å². The summed E-state index contributed by atoms with van der Waals surface area (Å²) in [6.45, 7) is 0. The lowest BCUT2D eigenvalue weighted by atomic mass is 10.1. The minimum Gasteiger partial charge on any atom is -0.409 e. The number of oxime groups is 1. The molecule has 0 spiro atoms. The molecule has 3 N–H and O–H groups in total. The van der Waals surface area contributed by atoms with E-state index in [4.69, 9.17) is 22.5 Å². The Balaban J connectivity index is 2.08. The fourth-order valence-electron chi connectivity index (χ4n) is 1.48. The van der Waals surface area contributed by atoms with Crippen LogP contribution >= 0.6 is 23.4 Å². The molecule has 0 aliphatic carbocycles. The highest BCUT2D eigenvalue weighted by Gasteiger charge is 2.07. The van der Waals surface area contributed by atoms with Crippen molar-refractivity contribution >= 4 is 29.2 Å². The molecule has 0 amide bonds. The van der Waals surface area contributed by atoms with Crippen molar-refractivity contribution in [3.05, 3.63) is 58.5 Å². The zero-order chi connectivity index (χ0) is 14.5. The minimum absolute atomic E-state index is 0.123. The molecule has 7 heteroatoms. The second-order valence-corrected chi connectivity index (χ2v) is 5.33. The van der Waals surface area contributed by atoms with Crippen LogP contribution in [0.15, 0.2) is 46.7 Å². The van der Waals surface area contributed by atoms with Crippen molar-refractivity contribution in [2.24, 2.45) is 10.9 Å². The van der Waals surface area contributed by atoms with E-state index in [0.29, 0.717) is 21.9 Å². The van der Waals surface area contributed by atoms with Gasteiger partial charge in [0.15, 0.2) is 5.84 Å². The number of rotatable bonds is 4. The van der Waals surface area contributed by atoms with E-state index < -0.39 is 5.82 Å². The summed E-state index contributed by atoms with van der Waals surface area (Å²) in [7, 11) is 0. The number of hydrogen-bond donors (Lipinski definition) is 2. The molecule has 4 nitrogen and oxygen atoms in total. The summed E-state index contributed by atoms with van der Waals surface area (Å²) in [6, 6.07) is 7.94. The summed E-state index contributed by atoms with van der Waals surface area (Å²) >= 11 is 7.14. The van der Waals surface area contributed by atoms with Gasteiger partial charge in [-0.15, -0.1) is 11.8 Å². The van der Waals surface area contributed by atoms with E-state index in [-0.39, 0.29) is 5.84 Å². The minimum atomic E-state index is -0.407. The van der Waals surface area contributed by atoms with E-state index in [0.717, 1.165) is 5.03 Å². The molecule has 0 radical (unpaired) electrons. The molecular weight excluding hydrogens is 301 g/mol. The van der Waals surface area contributed by atoms with Crippen LogP contribution in [0.5, 0.6) is 0 Å². The molecule has 1 heterocycles. The van der Waals surface area contributed by atoms with E-state index >= 15 is 0 Å². The first-order valence-corrected chi connectivity index (χ1v) is 6.97. The summed E-state index contributed by atoms with van der Waals surface area (Å²) in [5, 5.41) is 12.7. The van der Waals surface area contributed by atoms with Gasteiger partial charge in [-0.2, -0.15) is 0 Å². The van der Waals surface area contributed by atoms with E-state index in [1.165, 1.54) is 17.8 Å². The van der Waals surface area contributed by atoms with Gasteiger partial charge < -0.3 is 10.9 Å². The molecule has 0 unspecified atom stereocenters. The zero-order valence-electron chi connectivity index (χ0n) is 10.3. The van der Waals surface area contributed by atoms with Gasteiger partial charge in [-0.1, -0.05) is 28.9 Å². The van der Waals surface area contributed by atoms with Gasteiger partial charge in [0.05, 0.1) is 10.0 Å². The maximum absolute atomic E-state index is 13.9. The molecule has 2 rings (SSSR count). The van der Waals surface area contributed by atoms with Crippen molar-refractivity contribution in [3.8, 4) is 0 Å². The fourth-order valence-corrected chi connectivity index (χ4v) is 2.42. The highest BCUT2D eigenvalue weighted by atomic mass is 35.5. The topological polar surface area (TPSA) is 71.5 Å². The van der Waals surface area contributed by atoms with Gasteiger partial charge in [-0.25, -0.2) is 9.37 Å². The van der Waals surface area contributed by atoms with Crippen molar-refractivity contribution in [2.45, 2.75) is 10.8 Å². The molecule has 0 aliphatic rings. The van der Waals surface area contributed by atoms with Gasteiger partial charge in [0.1, 0.15) is 5.82 Å². The normalized spacial score (nSPS) is 11.6. The quantitative estimate of drug-likeness (QED) is 0.299. The average Bonchev–Trinajstić information content (AvgIpc) is 2.46. The number of amidine groups is 1. The number of thioether (sulfide) groups is 1. The lowest BCUT2D eigenvalue weighted by Crippen LogP contribution is -2.13. The van der Waals surface area contributed by atoms with Crippen LogP contribution < -0.4 is 5.73 Å². The van der Waals surface area contributed by atoms with Crippen LogP contribution in [-0.2, 0) is 5.75 Å². The molecule has 0 fully saturated rings. The van der Waals surface area contributed by atoms with Gasteiger partial charge in [0, 0.05) is 17.5 Å². The molecule has 0 atom stereocenters.